The number of pyridine rings is 1. The zero-order valence-corrected chi connectivity index (χ0v) is 19.2. The second kappa shape index (κ2) is 10.5. The summed E-state index contributed by atoms with van der Waals surface area (Å²) in [6.07, 6.45) is 8.17. The van der Waals surface area contributed by atoms with Gasteiger partial charge in [-0.1, -0.05) is 12.8 Å². The molecule has 1 saturated heterocycles. The van der Waals surface area contributed by atoms with Gasteiger partial charge in [-0.25, -0.2) is 4.68 Å². The lowest BCUT2D eigenvalue weighted by Gasteiger charge is -2.25. The van der Waals surface area contributed by atoms with Crippen LogP contribution in [0.1, 0.15) is 72.2 Å². The van der Waals surface area contributed by atoms with Crippen molar-refractivity contribution in [3.8, 4) is 0 Å². The summed E-state index contributed by atoms with van der Waals surface area (Å²) in [6.45, 7) is 5.54. The summed E-state index contributed by atoms with van der Waals surface area (Å²) < 4.78 is 3.67. The fourth-order valence-electron chi connectivity index (χ4n) is 4.51. The molecule has 2 aromatic rings. The number of carbonyl (C=O) groups excluding carboxylic acids is 1. The van der Waals surface area contributed by atoms with Crippen molar-refractivity contribution in [3.05, 3.63) is 45.5 Å². The predicted octanol–water partition coefficient (Wildman–Crippen LogP) is 3.80. The summed E-state index contributed by atoms with van der Waals surface area (Å²) in [4.78, 5) is 26.2. The third-order valence-electron chi connectivity index (χ3n) is 6.03. The number of hydrogen-bond donors (Lipinski definition) is 2. The topological polar surface area (TPSA) is 81.0 Å². The molecule has 1 aliphatic carbocycles. The molecule has 166 valence electrons. The van der Waals surface area contributed by atoms with E-state index in [0.29, 0.717) is 17.4 Å². The molecule has 1 amide bonds. The average Bonchev–Trinajstić information content (AvgIpc) is 3.32. The number of nitrogens with one attached hydrogen (secondary N) is 2. The minimum atomic E-state index is -0.343. The number of piperidine rings is 1. The van der Waals surface area contributed by atoms with E-state index in [1.54, 1.807) is 4.57 Å². The first-order valence-electron chi connectivity index (χ1n) is 10.3. The number of aryl methyl sites for hydroxylation is 2. The highest BCUT2D eigenvalue weighted by atomic mass is 35.5. The number of halogens is 2. The summed E-state index contributed by atoms with van der Waals surface area (Å²) in [7, 11) is 0. The standard InChI is InChI=1S/C21H29N5O2.2ClH/c1-14-9-12-25(16-7-10-22-11-8-16)21(28)19(14)20(27)23-18-13-15(2)24-26(18)17-5-3-4-6-17;;/h9,12-13,16-17,22H,3-8,10-11H2,1-2H3,(H,23,27);2*1H. The van der Waals surface area contributed by atoms with Gasteiger partial charge in [-0.05, 0) is 64.3 Å². The Balaban J connectivity index is 0.00000160. The van der Waals surface area contributed by atoms with Crippen molar-refractivity contribution in [3.63, 3.8) is 0 Å². The van der Waals surface area contributed by atoms with E-state index in [-0.39, 0.29) is 47.9 Å². The van der Waals surface area contributed by atoms with Gasteiger partial charge >= 0.3 is 0 Å². The highest BCUT2D eigenvalue weighted by Gasteiger charge is 2.24. The van der Waals surface area contributed by atoms with Gasteiger partial charge in [0.15, 0.2) is 0 Å². The first-order chi connectivity index (χ1) is 13.5. The van der Waals surface area contributed by atoms with E-state index in [1.165, 1.54) is 12.8 Å². The maximum atomic E-state index is 13.1. The summed E-state index contributed by atoms with van der Waals surface area (Å²) in [5.74, 6) is 0.343. The fraction of sp³-hybridized carbons (Fsp3) is 0.571. The van der Waals surface area contributed by atoms with Crippen LogP contribution in [0.3, 0.4) is 0 Å². The average molecular weight is 456 g/mol. The highest BCUT2D eigenvalue weighted by molar-refractivity contribution is 6.04. The second-order valence-corrected chi connectivity index (χ2v) is 8.08. The summed E-state index contributed by atoms with van der Waals surface area (Å²) in [5.41, 5.74) is 1.61. The van der Waals surface area contributed by atoms with Gasteiger partial charge in [0.2, 0.25) is 0 Å². The van der Waals surface area contributed by atoms with Gasteiger partial charge in [0.1, 0.15) is 11.4 Å². The zero-order valence-electron chi connectivity index (χ0n) is 17.5. The first kappa shape index (κ1) is 24.4. The van der Waals surface area contributed by atoms with Crippen molar-refractivity contribution in [1.29, 1.82) is 0 Å². The minimum Gasteiger partial charge on any atom is -0.317 e. The minimum absolute atomic E-state index is 0. The Morgan fingerprint density at radius 3 is 2.43 bits per heavy atom. The molecule has 2 aromatic heterocycles. The molecule has 0 aromatic carbocycles. The maximum Gasteiger partial charge on any atom is 0.263 e. The number of aromatic nitrogens is 3. The first-order valence-corrected chi connectivity index (χ1v) is 10.3. The molecular formula is C21H31Cl2N5O2. The molecular weight excluding hydrogens is 425 g/mol. The van der Waals surface area contributed by atoms with Crippen LogP contribution >= 0.6 is 24.8 Å². The van der Waals surface area contributed by atoms with Gasteiger partial charge in [-0.3, -0.25) is 9.59 Å². The SMILES string of the molecule is Cc1cc(NC(=O)c2c(C)ccn(C3CCNCC3)c2=O)n(C2CCCC2)n1.Cl.Cl. The molecule has 1 aliphatic heterocycles. The van der Waals surface area contributed by atoms with E-state index in [0.717, 1.165) is 44.5 Å². The van der Waals surface area contributed by atoms with Gasteiger partial charge in [-0.15, -0.1) is 24.8 Å². The Morgan fingerprint density at radius 1 is 1.10 bits per heavy atom. The molecule has 9 heteroatoms. The lowest BCUT2D eigenvalue weighted by atomic mass is 10.0. The summed E-state index contributed by atoms with van der Waals surface area (Å²) >= 11 is 0. The number of carbonyl (C=O) groups is 1. The molecule has 2 aliphatic rings. The molecule has 0 atom stereocenters. The van der Waals surface area contributed by atoms with E-state index in [1.807, 2.05) is 36.9 Å². The molecule has 2 N–H and O–H groups in total. The van der Waals surface area contributed by atoms with Gasteiger partial charge in [0.05, 0.1) is 11.7 Å². The molecule has 0 radical (unpaired) electrons. The number of anilines is 1. The van der Waals surface area contributed by atoms with Crippen molar-refractivity contribution >= 4 is 36.5 Å². The van der Waals surface area contributed by atoms with Crippen molar-refractivity contribution < 1.29 is 4.79 Å². The van der Waals surface area contributed by atoms with Crippen LogP contribution in [0.2, 0.25) is 0 Å². The number of rotatable bonds is 4. The Bertz CT molecular complexity index is 928. The Kier molecular flexibility index (Phi) is 8.52. The van der Waals surface area contributed by atoms with E-state index >= 15 is 0 Å². The van der Waals surface area contributed by atoms with E-state index in [2.05, 4.69) is 15.7 Å². The van der Waals surface area contributed by atoms with E-state index in [4.69, 9.17) is 0 Å². The fourth-order valence-corrected chi connectivity index (χ4v) is 4.51. The lowest BCUT2D eigenvalue weighted by Crippen LogP contribution is -2.37. The monoisotopic (exact) mass is 455 g/mol. The number of amides is 1. The second-order valence-electron chi connectivity index (χ2n) is 8.08. The molecule has 1 saturated carbocycles. The van der Waals surface area contributed by atoms with Crippen molar-refractivity contribution in [1.82, 2.24) is 19.7 Å². The third kappa shape index (κ3) is 4.90. The maximum absolute atomic E-state index is 13.1. The summed E-state index contributed by atoms with van der Waals surface area (Å²) in [6, 6.07) is 4.23. The highest BCUT2D eigenvalue weighted by Crippen LogP contribution is 2.32. The zero-order chi connectivity index (χ0) is 19.7. The largest absolute Gasteiger partial charge is 0.317 e. The molecule has 7 nitrogen and oxygen atoms in total. The smallest absolute Gasteiger partial charge is 0.263 e. The third-order valence-corrected chi connectivity index (χ3v) is 6.03. The molecule has 0 bridgehead atoms. The van der Waals surface area contributed by atoms with Crippen LogP contribution in [0, 0.1) is 13.8 Å². The van der Waals surface area contributed by atoms with Gasteiger partial charge in [0, 0.05) is 18.3 Å². The molecule has 0 spiro atoms. The van der Waals surface area contributed by atoms with Crippen LogP contribution in [0.4, 0.5) is 5.82 Å². The van der Waals surface area contributed by atoms with Gasteiger partial charge in [0.25, 0.3) is 11.5 Å². The van der Waals surface area contributed by atoms with Crippen LogP contribution in [0.25, 0.3) is 0 Å². The Morgan fingerprint density at radius 2 is 1.77 bits per heavy atom. The van der Waals surface area contributed by atoms with Crippen LogP contribution in [-0.2, 0) is 0 Å². The molecule has 3 heterocycles. The molecule has 2 fully saturated rings. The van der Waals surface area contributed by atoms with Crippen LogP contribution in [-0.4, -0.2) is 33.3 Å². The molecule has 30 heavy (non-hydrogen) atoms. The number of nitrogens with zero attached hydrogens (tertiary/aromatic N) is 3. The van der Waals surface area contributed by atoms with Crippen LogP contribution < -0.4 is 16.2 Å². The predicted molar refractivity (Wildman–Crippen MR) is 123 cm³/mol. The van der Waals surface area contributed by atoms with E-state index in [9.17, 15) is 9.59 Å². The van der Waals surface area contributed by atoms with Gasteiger partial charge in [-0.2, -0.15) is 5.10 Å². The van der Waals surface area contributed by atoms with Gasteiger partial charge < -0.3 is 15.2 Å². The van der Waals surface area contributed by atoms with Crippen molar-refractivity contribution in [2.45, 2.75) is 64.5 Å². The van der Waals surface area contributed by atoms with Crippen LogP contribution in [0.15, 0.2) is 23.1 Å². The Hall–Kier alpha value is -1.83. The molecule has 0 unspecified atom stereocenters. The quantitative estimate of drug-likeness (QED) is 0.734. The van der Waals surface area contributed by atoms with Crippen molar-refractivity contribution in [2.24, 2.45) is 0 Å². The summed E-state index contributed by atoms with van der Waals surface area (Å²) in [5, 5.41) is 10.9. The van der Waals surface area contributed by atoms with Crippen molar-refractivity contribution in [2.75, 3.05) is 18.4 Å². The number of hydrogen-bond acceptors (Lipinski definition) is 4. The normalized spacial score (nSPS) is 17.3. The molecule has 4 rings (SSSR count). The lowest BCUT2D eigenvalue weighted by molar-refractivity contribution is 0.102. The van der Waals surface area contributed by atoms with Crippen LogP contribution in [0.5, 0.6) is 0 Å². The van der Waals surface area contributed by atoms with E-state index < -0.39 is 0 Å². The Labute approximate surface area is 189 Å².